The van der Waals surface area contributed by atoms with Gasteiger partial charge in [0.25, 0.3) is 10.9 Å². The number of nitrogens with zero attached hydrogens (tertiary/aromatic N) is 4. The minimum Gasteiger partial charge on any atom is -0.444 e. The molecule has 0 radical (unpaired) electrons. The van der Waals surface area contributed by atoms with E-state index in [1.54, 1.807) is 12.1 Å². The number of carbonyl (C=O) groups is 1. The molecule has 1 saturated heterocycles. The molecule has 198 valence electrons. The van der Waals surface area contributed by atoms with Crippen LogP contribution in [0.1, 0.15) is 29.3 Å². The number of rotatable bonds is 4. The van der Waals surface area contributed by atoms with Gasteiger partial charge in [-0.1, -0.05) is 41.9 Å². The molecule has 2 atom stereocenters. The number of benzene rings is 3. The number of para-hydroxylation sites is 1. The van der Waals surface area contributed by atoms with Gasteiger partial charge < -0.3 is 9.30 Å². The lowest BCUT2D eigenvalue weighted by atomic mass is 9.96. The number of thioether (sulfide) groups is 1. The zero-order chi connectivity index (χ0) is 27.4. The summed E-state index contributed by atoms with van der Waals surface area (Å²) >= 11 is 7.18. The van der Waals surface area contributed by atoms with Crippen LogP contribution in [-0.2, 0) is 0 Å². The number of aromatic nitrogens is 1. The Morgan fingerprint density at radius 2 is 1.85 bits per heavy atom. The molecular weight excluding hydrogens is 550 g/mol. The Kier molecular flexibility index (Phi) is 5.69. The number of hydrogen-bond donors (Lipinski definition) is 1. The zero-order valence-corrected chi connectivity index (χ0v) is 22.3. The number of nitrogens with one attached hydrogen (secondary N) is 1. The Hall–Kier alpha value is -4.54. The molecule has 3 aliphatic rings. The molecule has 9 nitrogen and oxygen atoms in total. The molecule has 0 bridgehead atoms. The third kappa shape index (κ3) is 3.95. The van der Waals surface area contributed by atoms with Crippen LogP contribution in [0, 0.1) is 10.1 Å². The molecule has 4 heterocycles. The van der Waals surface area contributed by atoms with Gasteiger partial charge in [-0.3, -0.25) is 20.2 Å². The number of nitro groups is 1. The maximum Gasteiger partial charge on any atom is 0.314 e. The summed E-state index contributed by atoms with van der Waals surface area (Å²) in [7, 11) is 0. The molecule has 1 spiro atoms. The first-order valence-corrected chi connectivity index (χ1v) is 13.7. The summed E-state index contributed by atoms with van der Waals surface area (Å²) in [5.41, 5.74) is 4.32. The second-order valence-corrected chi connectivity index (χ2v) is 11.0. The maximum absolute atomic E-state index is 13.0. The number of ether oxygens (including phenoxy) is 1. The molecule has 1 N–H and O–H groups in total. The summed E-state index contributed by atoms with van der Waals surface area (Å²) < 4.78 is 8.51. The first-order chi connectivity index (χ1) is 19.4. The Balaban J connectivity index is 1.34. The van der Waals surface area contributed by atoms with E-state index >= 15 is 0 Å². The quantitative estimate of drug-likeness (QED) is 0.216. The summed E-state index contributed by atoms with van der Waals surface area (Å²) in [6.07, 6.45) is 4.38. The van der Waals surface area contributed by atoms with Gasteiger partial charge in [0.2, 0.25) is 0 Å². The number of hydrazone groups is 1. The Morgan fingerprint density at radius 3 is 2.62 bits per heavy atom. The Morgan fingerprint density at radius 1 is 1.07 bits per heavy atom. The lowest BCUT2D eigenvalue weighted by molar-refractivity contribution is -0.384. The molecule has 11 heteroatoms. The molecular formula is C29H20ClN5O4S. The van der Waals surface area contributed by atoms with Gasteiger partial charge in [-0.2, -0.15) is 5.10 Å². The molecule has 1 fully saturated rings. The minimum absolute atomic E-state index is 0.0135. The molecule has 4 aromatic rings. The minimum atomic E-state index is -1.35. The van der Waals surface area contributed by atoms with Crippen molar-refractivity contribution in [3.8, 4) is 11.4 Å². The van der Waals surface area contributed by atoms with Gasteiger partial charge in [0, 0.05) is 46.7 Å². The van der Waals surface area contributed by atoms with Crippen molar-refractivity contribution in [3.05, 3.63) is 128 Å². The van der Waals surface area contributed by atoms with Crippen LogP contribution in [0.4, 0.5) is 10.5 Å². The van der Waals surface area contributed by atoms with Crippen LogP contribution < -0.4 is 10.1 Å². The van der Waals surface area contributed by atoms with Gasteiger partial charge in [0.05, 0.1) is 21.6 Å². The third-order valence-corrected chi connectivity index (χ3v) is 8.31. The van der Waals surface area contributed by atoms with Gasteiger partial charge in [-0.05, 0) is 65.9 Å². The second-order valence-electron chi connectivity index (χ2n) is 9.50. The van der Waals surface area contributed by atoms with Crippen LogP contribution in [0.5, 0.6) is 5.75 Å². The monoisotopic (exact) mass is 569 g/mol. The number of carbonyl (C=O) groups excluding carboxylic acids is 1. The molecule has 0 saturated carbocycles. The smallest absolute Gasteiger partial charge is 0.314 e. The van der Waals surface area contributed by atoms with E-state index in [1.165, 1.54) is 12.1 Å². The molecule has 3 aromatic carbocycles. The summed E-state index contributed by atoms with van der Waals surface area (Å²) in [4.78, 5) is 24.3. The number of amides is 1. The zero-order valence-electron chi connectivity index (χ0n) is 20.7. The van der Waals surface area contributed by atoms with Crippen LogP contribution in [0.3, 0.4) is 0 Å². The first kappa shape index (κ1) is 24.5. The van der Waals surface area contributed by atoms with Crippen LogP contribution in [-0.4, -0.2) is 31.3 Å². The second kappa shape index (κ2) is 9.29. The number of hydrogen-bond acceptors (Lipinski definition) is 7. The normalized spacial score (nSPS) is 22.1. The summed E-state index contributed by atoms with van der Waals surface area (Å²) in [5, 5.41) is 21.4. The number of fused-ring (bicyclic) bond motifs is 4. The molecule has 7 rings (SSSR count). The molecule has 40 heavy (non-hydrogen) atoms. The largest absolute Gasteiger partial charge is 0.444 e. The van der Waals surface area contributed by atoms with Crippen LogP contribution in [0.2, 0.25) is 5.02 Å². The number of non-ortho nitro benzene ring substituents is 1. The molecule has 2 unspecified atom stereocenters. The van der Waals surface area contributed by atoms with Crippen molar-refractivity contribution < 1.29 is 14.5 Å². The van der Waals surface area contributed by atoms with Crippen molar-refractivity contribution >= 4 is 46.1 Å². The fraction of sp³-hybridized carbons (Fsp3) is 0.103. The average Bonchev–Trinajstić information content (AvgIpc) is 3.68. The lowest BCUT2D eigenvalue weighted by Crippen LogP contribution is -2.61. The summed E-state index contributed by atoms with van der Waals surface area (Å²) in [6, 6.07) is 25.3. The van der Waals surface area contributed by atoms with Crippen LogP contribution in [0.15, 0.2) is 101 Å². The number of halogens is 1. The van der Waals surface area contributed by atoms with Crippen molar-refractivity contribution in [2.45, 2.75) is 18.3 Å². The highest BCUT2D eigenvalue weighted by molar-refractivity contribution is 8.17. The molecule has 0 aliphatic carbocycles. The topological polar surface area (TPSA) is 102 Å². The summed E-state index contributed by atoms with van der Waals surface area (Å²) in [5.74, 6) is -0.671. The van der Waals surface area contributed by atoms with Crippen LogP contribution >= 0.6 is 23.4 Å². The van der Waals surface area contributed by atoms with Crippen molar-refractivity contribution in [2.75, 3.05) is 0 Å². The number of nitro benzene ring substituents is 1. The molecule has 1 amide bonds. The Labute approximate surface area is 237 Å². The van der Waals surface area contributed by atoms with Gasteiger partial charge in [-0.25, -0.2) is 5.01 Å². The van der Waals surface area contributed by atoms with Crippen molar-refractivity contribution in [3.63, 3.8) is 0 Å². The van der Waals surface area contributed by atoms with Gasteiger partial charge >= 0.3 is 5.85 Å². The van der Waals surface area contributed by atoms with E-state index in [1.807, 2.05) is 82.5 Å². The SMILES string of the molecule is O=C1NC2(Oc3ccccc3C3CC(c4ccc(Cl)cc4)=NN32)C(=Cc2cccn2-c2ccc([N+](=O)[O-])cc2)S1. The van der Waals surface area contributed by atoms with E-state index in [0.717, 1.165) is 40.0 Å². The van der Waals surface area contributed by atoms with Gasteiger partial charge in [0.1, 0.15) is 5.75 Å². The van der Waals surface area contributed by atoms with E-state index in [4.69, 9.17) is 21.4 Å². The van der Waals surface area contributed by atoms with Crippen LogP contribution in [0.25, 0.3) is 11.8 Å². The van der Waals surface area contributed by atoms with Gasteiger partial charge in [-0.15, -0.1) is 0 Å². The van der Waals surface area contributed by atoms with Crippen molar-refractivity contribution in [1.82, 2.24) is 14.9 Å². The highest BCUT2D eigenvalue weighted by Gasteiger charge is 2.58. The highest BCUT2D eigenvalue weighted by atomic mass is 35.5. The predicted molar refractivity (Wildman–Crippen MR) is 154 cm³/mol. The summed E-state index contributed by atoms with van der Waals surface area (Å²) in [6.45, 7) is 0. The maximum atomic E-state index is 13.0. The highest BCUT2D eigenvalue weighted by Crippen LogP contribution is 2.52. The standard InChI is InChI=1S/C29H20ClN5O4S/c30-19-9-7-18(8-10-19)24-17-25-23-5-1-2-6-26(23)39-29(34(25)32-24)27(40-28(36)31-29)16-22-4-3-15-33(22)20-11-13-21(14-12-20)35(37)38/h1-16,25H,17H2,(H,31,36). The first-order valence-electron chi connectivity index (χ1n) is 12.5. The van der Waals surface area contributed by atoms with E-state index in [0.29, 0.717) is 22.1 Å². The fourth-order valence-corrected chi connectivity index (χ4v) is 6.32. The average molecular weight is 570 g/mol. The van der Waals surface area contributed by atoms with E-state index < -0.39 is 10.8 Å². The molecule has 3 aliphatic heterocycles. The van der Waals surface area contributed by atoms with Gasteiger partial charge in [0.15, 0.2) is 0 Å². The van der Waals surface area contributed by atoms with Crippen molar-refractivity contribution in [1.29, 1.82) is 0 Å². The Bertz CT molecular complexity index is 1730. The third-order valence-electron chi connectivity index (χ3n) is 7.15. The van der Waals surface area contributed by atoms with E-state index in [9.17, 15) is 14.9 Å². The van der Waals surface area contributed by atoms with E-state index in [-0.39, 0.29) is 17.0 Å². The predicted octanol–water partition coefficient (Wildman–Crippen LogP) is 6.73. The molecule has 1 aromatic heterocycles. The van der Waals surface area contributed by atoms with Crippen molar-refractivity contribution in [2.24, 2.45) is 5.10 Å². The fourth-order valence-electron chi connectivity index (χ4n) is 5.30. The lowest BCUT2D eigenvalue weighted by Gasteiger charge is -2.45. The van der Waals surface area contributed by atoms with E-state index in [2.05, 4.69) is 5.32 Å².